The van der Waals surface area contributed by atoms with Crippen LogP contribution < -0.4 is 4.74 Å². The van der Waals surface area contributed by atoms with Crippen molar-refractivity contribution in [1.29, 1.82) is 0 Å². The summed E-state index contributed by atoms with van der Waals surface area (Å²) in [6, 6.07) is 1.95. The Balaban J connectivity index is 2.86. The van der Waals surface area contributed by atoms with Gasteiger partial charge in [0.05, 0.1) is 0 Å². The summed E-state index contributed by atoms with van der Waals surface area (Å²) in [4.78, 5) is 10.3. The Morgan fingerprint density at radius 1 is 1.29 bits per heavy atom. The van der Waals surface area contributed by atoms with E-state index in [-0.39, 0.29) is 0 Å². The third kappa shape index (κ3) is 2.45. The van der Waals surface area contributed by atoms with Gasteiger partial charge in [-0.1, -0.05) is 0 Å². The number of hydrogen-bond acceptors (Lipinski definition) is 2. The van der Waals surface area contributed by atoms with Crippen molar-refractivity contribution in [2.75, 3.05) is 0 Å². The molecule has 0 unspecified atom stereocenters. The molecule has 0 aromatic heterocycles. The van der Waals surface area contributed by atoms with Crippen molar-refractivity contribution in [3.8, 4) is 5.75 Å². The average molecular weight is 208 g/mol. The second-order valence-corrected chi connectivity index (χ2v) is 2.30. The first-order valence-corrected chi connectivity index (χ1v) is 3.45. The van der Waals surface area contributed by atoms with Gasteiger partial charge < -0.3 is 4.74 Å². The second-order valence-electron chi connectivity index (χ2n) is 2.30. The van der Waals surface area contributed by atoms with Gasteiger partial charge in [-0.2, -0.15) is 8.78 Å². The first-order chi connectivity index (χ1) is 6.50. The molecule has 0 spiro atoms. The molecule has 14 heavy (non-hydrogen) atoms. The average Bonchev–Trinajstić information content (AvgIpc) is 2.11. The fourth-order valence-electron chi connectivity index (χ4n) is 0.708. The summed E-state index contributed by atoms with van der Waals surface area (Å²) in [5.74, 6) is -4.74. The number of halogens is 4. The van der Waals surface area contributed by atoms with Gasteiger partial charge in [-0.05, 0) is 12.1 Å². The molecule has 0 fully saturated rings. The van der Waals surface area contributed by atoms with Crippen LogP contribution in [0, 0.1) is 11.6 Å². The third-order valence-corrected chi connectivity index (χ3v) is 1.28. The summed E-state index contributed by atoms with van der Waals surface area (Å²) in [7, 11) is 0. The Morgan fingerprint density at radius 2 is 1.93 bits per heavy atom. The van der Waals surface area contributed by atoms with Crippen molar-refractivity contribution < 1.29 is 27.1 Å². The highest BCUT2D eigenvalue weighted by molar-refractivity contribution is 5.75. The predicted octanol–water partition coefficient (Wildman–Crippen LogP) is 2.14. The molecule has 2 nitrogen and oxygen atoms in total. The molecule has 76 valence electrons. The van der Waals surface area contributed by atoms with Crippen molar-refractivity contribution in [2.45, 2.75) is 6.43 Å². The quantitative estimate of drug-likeness (QED) is 0.422. The molecule has 0 aliphatic heterocycles. The van der Waals surface area contributed by atoms with Gasteiger partial charge in [0, 0.05) is 6.07 Å². The molecule has 0 heterocycles. The van der Waals surface area contributed by atoms with Crippen LogP contribution in [0.25, 0.3) is 0 Å². The molecular formula is C8H4F4O2. The molecule has 0 saturated carbocycles. The second kappa shape index (κ2) is 4.08. The zero-order chi connectivity index (χ0) is 10.7. The van der Waals surface area contributed by atoms with Crippen molar-refractivity contribution in [1.82, 2.24) is 0 Å². The van der Waals surface area contributed by atoms with Crippen molar-refractivity contribution in [3.05, 3.63) is 29.8 Å². The predicted molar refractivity (Wildman–Crippen MR) is 38.0 cm³/mol. The van der Waals surface area contributed by atoms with E-state index in [9.17, 15) is 22.4 Å². The molecule has 0 N–H and O–H groups in total. The molecule has 1 rings (SSSR count). The lowest BCUT2D eigenvalue weighted by Crippen LogP contribution is -2.17. The van der Waals surface area contributed by atoms with Crippen LogP contribution in [0.4, 0.5) is 17.6 Å². The molecule has 1 aromatic carbocycles. The largest absolute Gasteiger partial charge is 0.419 e. The van der Waals surface area contributed by atoms with E-state index >= 15 is 0 Å². The summed E-state index contributed by atoms with van der Waals surface area (Å²) < 4.78 is 52.4. The van der Waals surface area contributed by atoms with Gasteiger partial charge in [-0.3, -0.25) is 0 Å². The van der Waals surface area contributed by atoms with Crippen molar-refractivity contribution in [2.24, 2.45) is 0 Å². The maximum absolute atomic E-state index is 12.7. The van der Waals surface area contributed by atoms with E-state index in [0.717, 1.165) is 6.07 Å². The van der Waals surface area contributed by atoms with Gasteiger partial charge in [0.2, 0.25) is 0 Å². The van der Waals surface area contributed by atoms with E-state index in [1.165, 1.54) is 0 Å². The fraction of sp³-hybridized carbons (Fsp3) is 0.125. The van der Waals surface area contributed by atoms with Gasteiger partial charge in [-0.15, -0.1) is 0 Å². The van der Waals surface area contributed by atoms with Crippen LogP contribution in [0.15, 0.2) is 18.2 Å². The molecule has 0 aliphatic carbocycles. The van der Waals surface area contributed by atoms with Crippen LogP contribution in [0.3, 0.4) is 0 Å². The van der Waals surface area contributed by atoms with Crippen LogP contribution in [0.1, 0.15) is 0 Å². The Morgan fingerprint density at radius 3 is 2.50 bits per heavy atom. The lowest BCUT2D eigenvalue weighted by molar-refractivity contribution is -0.146. The molecule has 1 aromatic rings. The zero-order valence-corrected chi connectivity index (χ0v) is 6.64. The van der Waals surface area contributed by atoms with E-state index in [1.807, 2.05) is 0 Å². The van der Waals surface area contributed by atoms with Crippen LogP contribution in [0.2, 0.25) is 0 Å². The van der Waals surface area contributed by atoms with Gasteiger partial charge in [-0.25, -0.2) is 13.6 Å². The van der Waals surface area contributed by atoms with Crippen LogP contribution in [0.5, 0.6) is 5.75 Å². The molecule has 0 atom stereocenters. The highest BCUT2D eigenvalue weighted by Gasteiger charge is 2.19. The van der Waals surface area contributed by atoms with Gasteiger partial charge in [0.25, 0.3) is 0 Å². The highest BCUT2D eigenvalue weighted by Crippen LogP contribution is 2.18. The number of carbonyl (C=O) groups excluding carboxylic acids is 1. The van der Waals surface area contributed by atoms with Gasteiger partial charge >= 0.3 is 12.4 Å². The van der Waals surface area contributed by atoms with Crippen LogP contribution in [-0.4, -0.2) is 12.4 Å². The van der Waals surface area contributed by atoms with E-state index in [4.69, 9.17) is 0 Å². The summed E-state index contributed by atoms with van der Waals surface area (Å²) >= 11 is 0. The minimum Gasteiger partial charge on any atom is -0.419 e. The normalized spacial score (nSPS) is 10.4. The molecule has 6 heteroatoms. The third-order valence-electron chi connectivity index (χ3n) is 1.28. The van der Waals surface area contributed by atoms with E-state index < -0.39 is 29.8 Å². The SMILES string of the molecule is O=C(Oc1cc(F)ccc1F)C(F)F. The van der Waals surface area contributed by atoms with Crippen molar-refractivity contribution in [3.63, 3.8) is 0 Å². The molecule has 0 amide bonds. The summed E-state index contributed by atoms with van der Waals surface area (Å²) in [6.45, 7) is 0. The number of hydrogen-bond donors (Lipinski definition) is 0. The first kappa shape index (κ1) is 10.5. The van der Waals surface area contributed by atoms with Gasteiger partial charge in [0.1, 0.15) is 5.82 Å². The van der Waals surface area contributed by atoms with E-state index in [2.05, 4.69) is 4.74 Å². The van der Waals surface area contributed by atoms with E-state index in [1.54, 1.807) is 0 Å². The molecule has 0 aliphatic rings. The van der Waals surface area contributed by atoms with Crippen LogP contribution >= 0.6 is 0 Å². The Bertz CT molecular complexity index is 351. The Kier molecular flexibility index (Phi) is 3.06. The lowest BCUT2D eigenvalue weighted by Gasteiger charge is -2.03. The summed E-state index contributed by atoms with van der Waals surface area (Å²) in [6.07, 6.45) is -3.38. The Labute approximate surface area is 76.1 Å². The maximum Gasteiger partial charge on any atom is 0.379 e. The minimum atomic E-state index is -3.38. The monoisotopic (exact) mass is 208 g/mol. The summed E-state index contributed by atoms with van der Waals surface area (Å²) in [5.41, 5.74) is 0. The highest BCUT2D eigenvalue weighted by atomic mass is 19.3. The topological polar surface area (TPSA) is 26.3 Å². The number of alkyl halides is 2. The molecule has 0 radical (unpaired) electrons. The number of rotatable bonds is 2. The standard InChI is InChI=1S/C8H4F4O2/c9-4-1-2-5(10)6(3-4)14-8(13)7(11)12/h1-3,7H. The molecular weight excluding hydrogens is 204 g/mol. The summed E-state index contributed by atoms with van der Waals surface area (Å²) in [5, 5.41) is 0. The Hall–Kier alpha value is -1.59. The lowest BCUT2D eigenvalue weighted by atomic mass is 10.3. The van der Waals surface area contributed by atoms with Crippen molar-refractivity contribution >= 4 is 5.97 Å². The smallest absolute Gasteiger partial charge is 0.379 e. The number of benzene rings is 1. The first-order valence-electron chi connectivity index (χ1n) is 3.45. The maximum atomic E-state index is 12.7. The zero-order valence-electron chi connectivity index (χ0n) is 6.64. The number of ether oxygens (including phenoxy) is 1. The molecule has 0 bridgehead atoms. The molecule has 0 saturated heterocycles. The number of esters is 1. The fourth-order valence-corrected chi connectivity index (χ4v) is 0.708. The van der Waals surface area contributed by atoms with E-state index in [0.29, 0.717) is 12.1 Å². The minimum absolute atomic E-state index is 0.510. The number of carbonyl (C=O) groups is 1. The van der Waals surface area contributed by atoms with Crippen LogP contribution in [-0.2, 0) is 4.79 Å². The van der Waals surface area contributed by atoms with Gasteiger partial charge in [0.15, 0.2) is 11.6 Å².